The predicted octanol–water partition coefficient (Wildman–Crippen LogP) is 10.7. The quantitative estimate of drug-likeness (QED) is 0.110. The van der Waals surface area contributed by atoms with Gasteiger partial charge in [0.25, 0.3) is 0 Å². The van der Waals surface area contributed by atoms with Crippen LogP contribution in [0, 0.1) is 0 Å². The van der Waals surface area contributed by atoms with Crippen LogP contribution < -0.4 is 20.5 Å². The number of benzene rings is 8. The van der Waals surface area contributed by atoms with Crippen LogP contribution in [0.2, 0.25) is 0 Å². The second kappa shape index (κ2) is 14.1. The summed E-state index contributed by atoms with van der Waals surface area (Å²) in [6, 6.07) is 76.7. The molecule has 0 N–H and O–H groups in total. The Hall–Kier alpha value is -6.22. The smallest absolute Gasteiger partial charge is 0.172 e. The van der Waals surface area contributed by atoms with Gasteiger partial charge in [-0.15, -0.1) is 0 Å². The number of rotatable bonds is 9. The van der Waals surface area contributed by atoms with E-state index in [1.807, 2.05) is 0 Å². The zero-order valence-electron chi connectivity index (χ0n) is 27.8. The van der Waals surface area contributed by atoms with Gasteiger partial charge in [0.2, 0.25) is 0 Å². The van der Waals surface area contributed by atoms with Gasteiger partial charge in [0, 0.05) is 16.8 Å². The molecule has 0 aromatic heterocycles. The number of hydrogen-bond acceptors (Lipinski definition) is 1. The Bertz CT molecular complexity index is 2230. The Morgan fingerprint density at radius 2 is 0.800 bits per heavy atom. The molecular weight excluding hydrogens is 619 g/mol. The Morgan fingerprint density at radius 3 is 1.36 bits per heavy atom. The maximum atomic E-state index is 2.50. The molecular formula is C48H37NSi. The topological polar surface area (TPSA) is 3.24 Å². The third-order valence-corrected chi connectivity index (χ3v) is 14.0. The van der Waals surface area contributed by atoms with Crippen molar-refractivity contribution < 1.29 is 0 Å². The van der Waals surface area contributed by atoms with Crippen molar-refractivity contribution in [2.24, 2.45) is 0 Å². The Kier molecular flexibility index (Phi) is 8.76. The van der Waals surface area contributed by atoms with E-state index in [-0.39, 0.29) is 0 Å². The molecule has 8 aromatic carbocycles. The molecule has 0 amide bonds. The molecule has 0 aliphatic rings. The number of hydrogen-bond donors (Lipinski definition) is 0. The Labute approximate surface area is 296 Å². The lowest BCUT2D eigenvalue weighted by Crippen LogP contribution is -2.66. The maximum absolute atomic E-state index is 2.50. The van der Waals surface area contributed by atoms with E-state index >= 15 is 0 Å². The van der Waals surface area contributed by atoms with Gasteiger partial charge in [-0.2, -0.15) is 0 Å². The normalized spacial score (nSPS) is 11.5. The molecule has 0 aliphatic heterocycles. The average Bonchev–Trinajstić information content (AvgIpc) is 3.21. The lowest BCUT2D eigenvalue weighted by atomic mass is 10.0. The van der Waals surface area contributed by atoms with Gasteiger partial charge in [0.15, 0.2) is 8.07 Å². The standard InChI is InChI=1S/C48H37NSi/c1-5-18-42(19-6-1)49(48-27-15-17-41-16-13-14-26-47(41)48)43-34-32-40(33-35-43)39-30-28-38(29-31-39)36-37-50(44-20-7-2-8-21-44,45-22-9-3-10-23-45)46-24-11-4-12-25-46/h1-37H. The van der Waals surface area contributed by atoms with Crippen molar-refractivity contribution in [1.29, 1.82) is 0 Å². The third-order valence-electron chi connectivity index (χ3n) is 9.60. The van der Waals surface area contributed by atoms with Gasteiger partial charge in [-0.1, -0.05) is 194 Å². The summed E-state index contributed by atoms with van der Waals surface area (Å²) in [5.74, 6) is 0. The van der Waals surface area contributed by atoms with Crippen molar-refractivity contribution in [3.63, 3.8) is 0 Å². The van der Waals surface area contributed by atoms with Crippen LogP contribution in [0.25, 0.3) is 28.0 Å². The molecule has 0 fully saturated rings. The largest absolute Gasteiger partial charge is 0.310 e. The highest BCUT2D eigenvalue weighted by molar-refractivity contribution is 7.15. The van der Waals surface area contributed by atoms with Crippen molar-refractivity contribution in [3.8, 4) is 11.1 Å². The van der Waals surface area contributed by atoms with Crippen molar-refractivity contribution in [3.05, 3.63) is 224 Å². The van der Waals surface area contributed by atoms with E-state index in [2.05, 4.69) is 229 Å². The maximum Gasteiger partial charge on any atom is 0.172 e. The fourth-order valence-electron chi connectivity index (χ4n) is 7.11. The molecule has 8 rings (SSSR count). The second-order valence-corrected chi connectivity index (χ2v) is 16.3. The van der Waals surface area contributed by atoms with Crippen molar-refractivity contribution in [2.45, 2.75) is 0 Å². The molecule has 0 heterocycles. The van der Waals surface area contributed by atoms with E-state index in [9.17, 15) is 0 Å². The first-order valence-electron chi connectivity index (χ1n) is 17.2. The van der Waals surface area contributed by atoms with Crippen LogP contribution >= 0.6 is 0 Å². The molecule has 0 atom stereocenters. The third kappa shape index (κ3) is 6.09. The minimum absolute atomic E-state index is 1.12. The fourth-order valence-corrected chi connectivity index (χ4v) is 11.3. The molecule has 0 bridgehead atoms. The molecule has 1 nitrogen and oxygen atoms in total. The van der Waals surface area contributed by atoms with Crippen LogP contribution in [-0.2, 0) is 0 Å². The monoisotopic (exact) mass is 655 g/mol. The molecule has 2 heteroatoms. The molecule has 0 unspecified atom stereocenters. The molecule has 238 valence electrons. The van der Waals surface area contributed by atoms with E-state index in [4.69, 9.17) is 0 Å². The molecule has 0 aliphatic carbocycles. The van der Waals surface area contributed by atoms with Crippen molar-refractivity contribution >= 4 is 57.5 Å². The SMILES string of the molecule is C(=C[Si](c1ccccc1)(c1ccccc1)c1ccccc1)c1ccc(-c2ccc(N(c3ccccc3)c3cccc4ccccc34)cc2)cc1. The van der Waals surface area contributed by atoms with Crippen LogP contribution in [0.1, 0.15) is 5.56 Å². The van der Waals surface area contributed by atoms with Crippen LogP contribution in [0.3, 0.4) is 0 Å². The number of anilines is 3. The average molecular weight is 656 g/mol. The first-order chi connectivity index (χ1) is 24.8. The van der Waals surface area contributed by atoms with Gasteiger partial charge < -0.3 is 4.90 Å². The highest BCUT2D eigenvalue weighted by atomic mass is 28.3. The van der Waals surface area contributed by atoms with Gasteiger partial charge in [-0.25, -0.2) is 0 Å². The minimum Gasteiger partial charge on any atom is -0.310 e. The zero-order valence-corrected chi connectivity index (χ0v) is 28.8. The first kappa shape index (κ1) is 31.1. The molecule has 50 heavy (non-hydrogen) atoms. The lowest BCUT2D eigenvalue weighted by molar-refractivity contribution is 1.30. The van der Waals surface area contributed by atoms with Crippen molar-refractivity contribution in [1.82, 2.24) is 0 Å². The van der Waals surface area contributed by atoms with Gasteiger partial charge in [0.05, 0.1) is 5.69 Å². The highest BCUT2D eigenvalue weighted by Crippen LogP contribution is 2.39. The van der Waals surface area contributed by atoms with E-state index < -0.39 is 8.07 Å². The summed E-state index contributed by atoms with van der Waals surface area (Å²) in [5, 5.41) is 6.58. The van der Waals surface area contributed by atoms with E-state index in [1.165, 1.54) is 48.7 Å². The molecule has 0 saturated carbocycles. The Balaban J connectivity index is 1.13. The van der Waals surface area contributed by atoms with Crippen LogP contribution in [0.5, 0.6) is 0 Å². The van der Waals surface area contributed by atoms with Crippen LogP contribution in [0.4, 0.5) is 17.1 Å². The number of para-hydroxylation sites is 1. The predicted molar refractivity (Wildman–Crippen MR) is 217 cm³/mol. The summed E-state index contributed by atoms with van der Waals surface area (Å²) in [5.41, 5.74) is 9.51. The van der Waals surface area contributed by atoms with Gasteiger partial charge in [-0.3, -0.25) is 0 Å². The first-order valence-corrected chi connectivity index (χ1v) is 19.3. The summed E-state index contributed by atoms with van der Waals surface area (Å²) in [6.07, 6.45) is 2.33. The second-order valence-electron chi connectivity index (χ2n) is 12.6. The molecule has 0 spiro atoms. The molecule has 0 radical (unpaired) electrons. The summed E-state index contributed by atoms with van der Waals surface area (Å²) < 4.78 is 0. The van der Waals surface area contributed by atoms with Crippen LogP contribution in [-0.4, -0.2) is 8.07 Å². The summed E-state index contributed by atoms with van der Waals surface area (Å²) in [6.45, 7) is 0. The molecule has 8 aromatic rings. The van der Waals surface area contributed by atoms with Gasteiger partial charge in [0.1, 0.15) is 0 Å². The number of fused-ring (bicyclic) bond motifs is 1. The Morgan fingerprint density at radius 1 is 0.360 bits per heavy atom. The van der Waals surface area contributed by atoms with E-state index in [0.29, 0.717) is 0 Å². The van der Waals surface area contributed by atoms with Crippen LogP contribution in [0.15, 0.2) is 218 Å². The van der Waals surface area contributed by atoms with Crippen molar-refractivity contribution in [2.75, 3.05) is 4.90 Å². The summed E-state index contributed by atoms with van der Waals surface area (Å²) in [4.78, 5) is 2.35. The highest BCUT2D eigenvalue weighted by Gasteiger charge is 2.36. The fraction of sp³-hybridized carbons (Fsp3) is 0. The number of nitrogens with zero attached hydrogens (tertiary/aromatic N) is 1. The van der Waals surface area contributed by atoms with Gasteiger partial charge in [-0.05, 0) is 68.0 Å². The summed E-state index contributed by atoms with van der Waals surface area (Å²) >= 11 is 0. The zero-order chi connectivity index (χ0) is 33.6. The van der Waals surface area contributed by atoms with E-state index in [0.717, 1.165) is 11.4 Å². The minimum atomic E-state index is -2.46. The lowest BCUT2D eigenvalue weighted by Gasteiger charge is -2.30. The van der Waals surface area contributed by atoms with Gasteiger partial charge >= 0.3 is 0 Å². The molecule has 0 saturated heterocycles. The van der Waals surface area contributed by atoms with E-state index in [1.54, 1.807) is 0 Å². The summed E-state index contributed by atoms with van der Waals surface area (Å²) in [7, 11) is -2.46.